The molecule has 1 aromatic rings. The Kier molecular flexibility index (Phi) is 9.13. The average molecular weight is 273 g/mol. The van der Waals surface area contributed by atoms with Gasteiger partial charge in [0.05, 0.1) is 0 Å². The van der Waals surface area contributed by atoms with Gasteiger partial charge in [-0.15, -0.1) is 11.8 Å². The molecular formula is C8H6ClKS3. The van der Waals surface area contributed by atoms with Gasteiger partial charge < -0.3 is 24.8 Å². The van der Waals surface area contributed by atoms with Crippen LogP contribution in [0.1, 0.15) is 5.56 Å². The van der Waals surface area contributed by atoms with E-state index in [4.69, 9.17) is 36.4 Å². The van der Waals surface area contributed by atoms with Gasteiger partial charge in [0.25, 0.3) is 0 Å². The van der Waals surface area contributed by atoms with Crippen LogP contribution in [0.25, 0.3) is 0 Å². The van der Waals surface area contributed by atoms with E-state index in [-0.39, 0.29) is 51.4 Å². The van der Waals surface area contributed by atoms with E-state index in [1.54, 1.807) is 0 Å². The minimum atomic E-state index is 0. The number of hydrogen-bond acceptors (Lipinski definition) is 3. The Morgan fingerprint density at radius 2 is 1.92 bits per heavy atom. The van der Waals surface area contributed by atoms with Crippen molar-refractivity contribution in [3.05, 3.63) is 34.9 Å². The zero-order valence-corrected chi connectivity index (χ0v) is 13.4. The van der Waals surface area contributed by atoms with E-state index in [1.165, 1.54) is 17.3 Å². The van der Waals surface area contributed by atoms with Gasteiger partial charge in [-0.05, 0) is 17.7 Å². The van der Waals surface area contributed by atoms with Crippen molar-refractivity contribution in [3.8, 4) is 0 Å². The third kappa shape index (κ3) is 6.81. The molecule has 0 amide bonds. The van der Waals surface area contributed by atoms with Crippen LogP contribution in [0, 0.1) is 0 Å². The number of hydrogen-bond donors (Lipinski definition) is 0. The molecule has 0 aliphatic carbocycles. The Bertz CT molecular complexity index is 273. The summed E-state index contributed by atoms with van der Waals surface area (Å²) in [7, 11) is 0. The SMILES string of the molecule is S=C([S-])SCc1ccc(Cl)cc1.[K+]. The molecule has 13 heavy (non-hydrogen) atoms. The predicted molar refractivity (Wildman–Crippen MR) is 62.7 cm³/mol. The Balaban J connectivity index is 0.00000144. The van der Waals surface area contributed by atoms with Crippen LogP contribution in [0.5, 0.6) is 0 Å². The van der Waals surface area contributed by atoms with Gasteiger partial charge >= 0.3 is 51.4 Å². The van der Waals surface area contributed by atoms with E-state index < -0.39 is 0 Å². The standard InChI is InChI=1S/C8H7ClS3.K/c9-7-3-1-6(2-4-7)5-12-8(10)11;/h1-4H,5H2,(H,10,11);/q;+1/p-1. The smallest absolute Gasteiger partial charge is 0.422 e. The van der Waals surface area contributed by atoms with Crippen LogP contribution < -0.4 is 51.4 Å². The molecule has 0 nitrogen and oxygen atoms in total. The van der Waals surface area contributed by atoms with Crippen molar-refractivity contribution >= 4 is 51.7 Å². The second kappa shape index (κ2) is 8.02. The molecule has 0 spiro atoms. The first-order valence-corrected chi connectivity index (χ1v) is 5.45. The molecule has 1 aromatic carbocycles. The molecule has 0 bridgehead atoms. The molecule has 64 valence electrons. The maximum Gasteiger partial charge on any atom is 1.00 e. The summed E-state index contributed by atoms with van der Waals surface area (Å²) in [5.41, 5.74) is 1.19. The molecule has 0 N–H and O–H groups in total. The van der Waals surface area contributed by atoms with Crippen LogP contribution in [0.4, 0.5) is 0 Å². The van der Waals surface area contributed by atoms with Crippen molar-refractivity contribution in [2.24, 2.45) is 0 Å². The fraction of sp³-hybridized carbons (Fsp3) is 0.125. The van der Waals surface area contributed by atoms with Crippen LogP contribution in [0.15, 0.2) is 24.3 Å². The summed E-state index contributed by atoms with van der Waals surface area (Å²) in [4.78, 5) is 0. The Hall–Kier alpha value is 1.81. The van der Waals surface area contributed by atoms with Crippen molar-refractivity contribution in [1.29, 1.82) is 0 Å². The molecule has 0 aliphatic rings. The Labute approximate surface area is 141 Å². The molecule has 0 radical (unpaired) electrons. The molecule has 0 heterocycles. The van der Waals surface area contributed by atoms with E-state index >= 15 is 0 Å². The van der Waals surface area contributed by atoms with Crippen LogP contribution in [-0.4, -0.2) is 3.53 Å². The first kappa shape index (κ1) is 14.8. The van der Waals surface area contributed by atoms with Crippen LogP contribution >= 0.6 is 35.6 Å². The summed E-state index contributed by atoms with van der Waals surface area (Å²) in [6, 6.07) is 7.68. The first-order chi connectivity index (χ1) is 5.68. The van der Waals surface area contributed by atoms with Gasteiger partial charge in [0.15, 0.2) is 0 Å². The van der Waals surface area contributed by atoms with Gasteiger partial charge in [0, 0.05) is 10.8 Å². The zero-order chi connectivity index (χ0) is 8.97. The van der Waals surface area contributed by atoms with Crippen molar-refractivity contribution in [1.82, 2.24) is 0 Å². The van der Waals surface area contributed by atoms with Crippen LogP contribution in [0.3, 0.4) is 0 Å². The summed E-state index contributed by atoms with van der Waals surface area (Å²) in [6.45, 7) is 0. The molecular weight excluding hydrogens is 267 g/mol. The van der Waals surface area contributed by atoms with Gasteiger partial charge in [0.1, 0.15) is 0 Å². The molecule has 0 aromatic heterocycles. The Morgan fingerprint density at radius 3 is 2.38 bits per heavy atom. The third-order valence-electron chi connectivity index (χ3n) is 1.27. The second-order valence-electron chi connectivity index (χ2n) is 2.17. The van der Waals surface area contributed by atoms with E-state index in [0.717, 1.165) is 10.8 Å². The minimum Gasteiger partial charge on any atom is -0.422 e. The van der Waals surface area contributed by atoms with E-state index in [9.17, 15) is 0 Å². The van der Waals surface area contributed by atoms with Crippen LogP contribution in [-0.2, 0) is 18.4 Å². The number of benzene rings is 1. The number of rotatable bonds is 2. The molecule has 0 saturated heterocycles. The number of thioether (sulfide) groups is 1. The molecule has 0 fully saturated rings. The summed E-state index contributed by atoms with van der Waals surface area (Å²) in [6.07, 6.45) is 0. The molecule has 0 saturated carbocycles. The van der Waals surface area contributed by atoms with E-state index in [0.29, 0.717) is 3.53 Å². The number of thiocarbonyl (C=S) groups is 1. The van der Waals surface area contributed by atoms with Crippen molar-refractivity contribution < 1.29 is 51.4 Å². The average Bonchev–Trinajstić information content (AvgIpc) is 2.03. The van der Waals surface area contributed by atoms with Gasteiger partial charge in [-0.25, -0.2) is 0 Å². The normalized spacial score (nSPS) is 9.00. The molecule has 5 heteroatoms. The maximum absolute atomic E-state index is 5.72. The van der Waals surface area contributed by atoms with Gasteiger partial charge in [-0.2, -0.15) is 0 Å². The van der Waals surface area contributed by atoms with Gasteiger partial charge in [-0.3, -0.25) is 0 Å². The van der Waals surface area contributed by atoms with E-state index in [2.05, 4.69) is 0 Å². The fourth-order valence-corrected chi connectivity index (χ4v) is 1.68. The number of halogens is 1. The minimum absolute atomic E-state index is 0. The largest absolute Gasteiger partial charge is 1.00 e. The van der Waals surface area contributed by atoms with Crippen LogP contribution in [0.2, 0.25) is 5.02 Å². The second-order valence-corrected chi connectivity index (χ2v) is 5.18. The van der Waals surface area contributed by atoms with Crippen molar-refractivity contribution in [3.63, 3.8) is 0 Å². The summed E-state index contributed by atoms with van der Waals surface area (Å²) in [5.74, 6) is 0.833. The topological polar surface area (TPSA) is 0 Å². The first-order valence-electron chi connectivity index (χ1n) is 3.26. The Morgan fingerprint density at radius 1 is 1.38 bits per heavy atom. The monoisotopic (exact) mass is 272 g/mol. The third-order valence-corrected chi connectivity index (χ3v) is 2.94. The summed E-state index contributed by atoms with van der Waals surface area (Å²) < 4.78 is 0.560. The van der Waals surface area contributed by atoms with E-state index in [1.807, 2.05) is 24.3 Å². The predicted octanol–water partition coefficient (Wildman–Crippen LogP) is 0.409. The summed E-state index contributed by atoms with van der Waals surface area (Å²) >= 11 is 16.8. The zero-order valence-electron chi connectivity index (χ0n) is 7.12. The maximum atomic E-state index is 5.72. The molecule has 0 unspecified atom stereocenters. The van der Waals surface area contributed by atoms with Gasteiger partial charge in [0.2, 0.25) is 0 Å². The summed E-state index contributed by atoms with van der Waals surface area (Å²) in [5, 5.41) is 0.754. The fourth-order valence-electron chi connectivity index (χ4n) is 0.723. The quantitative estimate of drug-likeness (QED) is 0.435. The molecule has 0 atom stereocenters. The molecule has 0 aliphatic heterocycles. The van der Waals surface area contributed by atoms with Crippen molar-refractivity contribution in [2.45, 2.75) is 5.75 Å². The van der Waals surface area contributed by atoms with Crippen molar-refractivity contribution in [2.75, 3.05) is 0 Å². The van der Waals surface area contributed by atoms with Gasteiger partial charge in [-0.1, -0.05) is 27.3 Å². The molecule has 1 rings (SSSR count).